The van der Waals surface area contributed by atoms with Gasteiger partial charge in [-0.1, -0.05) is 108 Å². The first-order chi connectivity index (χ1) is 50.0. The predicted octanol–water partition coefficient (Wildman–Crippen LogP) is 21.4. The molecule has 0 spiro atoms. The lowest BCUT2D eigenvalue weighted by Crippen LogP contribution is -2.31. The normalized spacial score (nSPS) is 13.6. The minimum absolute atomic E-state index is 0.510. The van der Waals surface area contributed by atoms with E-state index in [1.807, 2.05) is 25.1 Å². The summed E-state index contributed by atoms with van der Waals surface area (Å²) in [6.07, 6.45) is 22.1. The van der Waals surface area contributed by atoms with Crippen LogP contribution in [0.15, 0.2) is 200 Å². The Morgan fingerprint density at radius 1 is 0.359 bits per heavy atom. The van der Waals surface area contributed by atoms with Gasteiger partial charge in [-0.15, -0.1) is 0 Å². The third-order valence-corrected chi connectivity index (χ3v) is 21.8. The second-order valence-electron chi connectivity index (χ2n) is 29.1. The average Bonchev–Trinajstić information content (AvgIpc) is 1.64. The number of aromatic nitrogens is 8. The van der Waals surface area contributed by atoms with E-state index in [9.17, 15) is 0 Å². The van der Waals surface area contributed by atoms with Crippen LogP contribution in [0.4, 0.5) is 0 Å². The van der Waals surface area contributed by atoms with Crippen LogP contribution in [0.1, 0.15) is 159 Å². The molecule has 0 atom stereocenters. The topological polar surface area (TPSA) is 120 Å². The van der Waals surface area contributed by atoms with Gasteiger partial charge in [-0.05, 0) is 174 Å². The number of rotatable bonds is 9. The first kappa shape index (κ1) is 68.1. The Bertz CT molecular complexity index is 5900. The van der Waals surface area contributed by atoms with Gasteiger partial charge in [-0.25, -0.2) is 38.2 Å². The van der Waals surface area contributed by atoms with Crippen molar-refractivity contribution in [3.63, 3.8) is 0 Å². The predicted molar refractivity (Wildman–Crippen MR) is 416 cm³/mol. The van der Waals surface area contributed by atoms with Gasteiger partial charge in [0.05, 0.1) is 22.3 Å². The number of pyridine rings is 8. The van der Waals surface area contributed by atoms with Crippen molar-refractivity contribution in [1.82, 2.24) is 19.9 Å². The van der Waals surface area contributed by atoms with Crippen LogP contribution in [0.2, 0.25) is 0 Å². The van der Waals surface area contributed by atoms with E-state index in [1.54, 1.807) is 0 Å². The lowest BCUT2D eigenvalue weighted by Gasteiger charge is -2.20. The summed E-state index contributed by atoms with van der Waals surface area (Å²) in [7, 11) is 8.36. The molecule has 0 bridgehead atoms. The monoisotopic (exact) mass is 1360 g/mol. The highest BCUT2D eigenvalue weighted by molar-refractivity contribution is 6.12. The molecule has 0 N–H and O–H groups in total. The van der Waals surface area contributed by atoms with Crippen molar-refractivity contribution in [3.05, 3.63) is 239 Å². The van der Waals surface area contributed by atoms with Gasteiger partial charge < -0.3 is 17.7 Å². The highest BCUT2D eigenvalue weighted by Crippen LogP contribution is 2.43. The van der Waals surface area contributed by atoms with Crippen LogP contribution in [0.5, 0.6) is 0 Å². The van der Waals surface area contributed by atoms with Crippen molar-refractivity contribution in [1.29, 1.82) is 0 Å². The number of hydrogen-bond donors (Lipinski definition) is 0. The molecular formula is C91H94N8O4+4. The molecule has 12 aromatic heterocycles. The Balaban J connectivity index is 0.000000112. The number of furan rings is 4. The summed E-state index contributed by atoms with van der Waals surface area (Å²) in [4.78, 5) is 19.1. The molecule has 2 fully saturated rings. The van der Waals surface area contributed by atoms with Crippen LogP contribution in [-0.2, 0) is 41.0 Å². The van der Waals surface area contributed by atoms with Crippen LogP contribution < -0.4 is 18.3 Å². The standard InChI is InChI=1S/C27H31N2O.C25H27N2O.C20H19N2O.C19H17N2O/c1-17(2)20-11-15-24(29(4)16-20)25-18(3)10-12-21-22-13-14-23(19-8-6-5-7-9-19)28-27(22)30-26(21)25;1-4-17-10-14-22(27(3)15-17)23-16(2)9-11-19-20-12-13-21(18-7-5-6-8-18)26-25(20)28-24(19)23;1-4-14-9-11-16-15-10-8-13(2)18(19(15)23-20(16)21-14)17-7-5-6-12-22(17)3;1-12-7-9-14-15-10-8-13(2)20-19(15)22-18(14)17(12)16-6-4-5-11-21(16)3/h10-17,19H,5-9H2,1-4H3;9-15,18H,4-8H2,1-3H3;5-12H,4H2,1-3H3;4-11H,1-3H3/q4*+1. The summed E-state index contributed by atoms with van der Waals surface area (Å²) < 4.78 is 33.9. The molecule has 16 aromatic rings. The van der Waals surface area contributed by atoms with E-state index in [0.717, 1.165) is 129 Å². The van der Waals surface area contributed by atoms with Crippen molar-refractivity contribution in [2.45, 2.75) is 151 Å². The SMILES string of the molecule is CCc1ccc(-c2c(C)ccc3c2oc2nc(C4CCCC4)ccc23)[n+](C)c1.CCc1ccc2c(n1)oc1c(-c3cccc[n+]3C)c(C)ccc12.Cc1ccc2c(n1)oc1c(-c3cccc[n+]3C)c(C)ccc12.Cc1ccc2c(oc3nc(C4CCCCC4)ccc32)c1-c1ccc(C(C)C)c[n+]1C. The average molecular weight is 1360 g/mol. The first-order valence-electron chi connectivity index (χ1n) is 37.2. The van der Waals surface area contributed by atoms with Crippen LogP contribution in [-0.4, -0.2) is 19.9 Å². The Kier molecular flexibility index (Phi) is 18.9. The van der Waals surface area contributed by atoms with Crippen molar-refractivity contribution in [3.8, 4) is 45.0 Å². The Morgan fingerprint density at radius 2 is 0.738 bits per heavy atom. The van der Waals surface area contributed by atoms with Crippen molar-refractivity contribution in [2.75, 3.05) is 0 Å². The maximum absolute atomic E-state index is 6.46. The third kappa shape index (κ3) is 13.0. The smallest absolute Gasteiger partial charge is 0.227 e. The molecule has 0 radical (unpaired) electrons. The molecule has 2 aliphatic carbocycles. The summed E-state index contributed by atoms with van der Waals surface area (Å²) in [5.41, 5.74) is 27.9. The van der Waals surface area contributed by atoms with Gasteiger partial charge in [0.1, 0.15) is 28.2 Å². The van der Waals surface area contributed by atoms with Gasteiger partial charge in [0.15, 0.2) is 47.1 Å². The van der Waals surface area contributed by atoms with Gasteiger partial charge in [-0.3, -0.25) is 0 Å². The zero-order chi connectivity index (χ0) is 71.3. The lowest BCUT2D eigenvalue weighted by atomic mass is 9.86. The largest absolute Gasteiger partial charge is 0.437 e. The molecule has 2 aliphatic rings. The second kappa shape index (κ2) is 28.6. The van der Waals surface area contributed by atoms with Gasteiger partial charge in [-0.2, -0.15) is 0 Å². The molecule has 2 saturated carbocycles. The van der Waals surface area contributed by atoms with Crippen LogP contribution in [0, 0.1) is 34.6 Å². The van der Waals surface area contributed by atoms with E-state index >= 15 is 0 Å². The van der Waals surface area contributed by atoms with Gasteiger partial charge in [0.25, 0.3) is 0 Å². The van der Waals surface area contributed by atoms with Crippen molar-refractivity contribution in [2.24, 2.45) is 28.2 Å². The van der Waals surface area contributed by atoms with Crippen LogP contribution in [0.25, 0.3) is 133 Å². The zero-order valence-electron chi connectivity index (χ0n) is 62.0. The van der Waals surface area contributed by atoms with Crippen LogP contribution in [0.3, 0.4) is 0 Å². The van der Waals surface area contributed by atoms with E-state index in [2.05, 4.69) is 276 Å². The van der Waals surface area contributed by atoms with Crippen LogP contribution >= 0.6 is 0 Å². The van der Waals surface area contributed by atoms with Gasteiger partial charge in [0.2, 0.25) is 45.6 Å². The fraction of sp³-hybridized carbons (Fsp3) is 0.297. The number of nitrogens with zero attached hydrogens (tertiary/aromatic N) is 8. The van der Waals surface area contributed by atoms with Crippen molar-refractivity contribution >= 4 is 88.3 Å². The van der Waals surface area contributed by atoms with E-state index in [4.69, 9.17) is 27.6 Å². The highest BCUT2D eigenvalue weighted by atomic mass is 16.4. The molecule has 518 valence electrons. The molecule has 18 rings (SSSR count). The fourth-order valence-electron chi connectivity index (χ4n) is 15.9. The molecule has 0 aliphatic heterocycles. The summed E-state index contributed by atoms with van der Waals surface area (Å²) in [6, 6.07) is 55.8. The zero-order valence-corrected chi connectivity index (χ0v) is 62.0. The number of benzene rings is 4. The van der Waals surface area contributed by atoms with Crippen molar-refractivity contribution < 1.29 is 35.9 Å². The number of fused-ring (bicyclic) bond motifs is 12. The van der Waals surface area contributed by atoms with E-state index in [-0.39, 0.29) is 0 Å². The summed E-state index contributed by atoms with van der Waals surface area (Å²) >= 11 is 0. The van der Waals surface area contributed by atoms with E-state index in [1.165, 1.54) is 125 Å². The molecule has 12 heteroatoms. The minimum Gasteiger partial charge on any atom is -0.437 e. The van der Waals surface area contributed by atoms with Gasteiger partial charge in [0, 0.05) is 125 Å². The molecule has 0 amide bonds. The molecule has 0 unspecified atom stereocenters. The number of aryl methyl sites for hydroxylation is 11. The van der Waals surface area contributed by atoms with E-state index < -0.39 is 0 Å². The molecule has 12 heterocycles. The lowest BCUT2D eigenvalue weighted by molar-refractivity contribution is -0.660. The third-order valence-electron chi connectivity index (χ3n) is 21.8. The second-order valence-corrected chi connectivity index (χ2v) is 29.1. The Hall–Kier alpha value is -10.7. The highest BCUT2D eigenvalue weighted by Gasteiger charge is 2.28. The summed E-state index contributed by atoms with van der Waals surface area (Å²) in [5, 5.41) is 8.93. The first-order valence-corrected chi connectivity index (χ1v) is 37.2. The molecule has 12 nitrogen and oxygen atoms in total. The summed E-state index contributed by atoms with van der Waals surface area (Å²) in [5.74, 6) is 1.69. The fourth-order valence-corrected chi connectivity index (χ4v) is 15.9. The van der Waals surface area contributed by atoms with E-state index in [0.29, 0.717) is 23.5 Å². The molecule has 103 heavy (non-hydrogen) atoms. The maximum Gasteiger partial charge on any atom is 0.227 e. The number of hydrogen-bond acceptors (Lipinski definition) is 8. The van der Waals surface area contributed by atoms with Gasteiger partial charge >= 0.3 is 0 Å². The molecule has 0 saturated heterocycles. The Morgan fingerprint density at radius 3 is 1.15 bits per heavy atom. The minimum atomic E-state index is 0.510. The maximum atomic E-state index is 6.46. The summed E-state index contributed by atoms with van der Waals surface area (Å²) in [6.45, 7) is 19.3. The Labute approximate surface area is 603 Å². The molecular weight excluding hydrogens is 1270 g/mol. The quantitative estimate of drug-likeness (QED) is 0.131. The molecule has 4 aromatic carbocycles.